The number of carbonyl (C=O) groups is 1. The van der Waals surface area contributed by atoms with Gasteiger partial charge in [0.15, 0.2) is 0 Å². The fourth-order valence-corrected chi connectivity index (χ4v) is 1.85. The summed E-state index contributed by atoms with van der Waals surface area (Å²) < 4.78 is 5.64. The highest BCUT2D eigenvalue weighted by molar-refractivity contribution is 5.53. The van der Waals surface area contributed by atoms with E-state index in [0.29, 0.717) is 6.61 Å². The minimum absolute atomic E-state index is 0.111. The van der Waals surface area contributed by atoms with Gasteiger partial charge in [0.1, 0.15) is 6.29 Å². The van der Waals surface area contributed by atoms with Gasteiger partial charge in [-0.25, -0.2) is 0 Å². The van der Waals surface area contributed by atoms with Crippen molar-refractivity contribution in [1.29, 1.82) is 0 Å². The Morgan fingerprint density at radius 1 is 1.29 bits per heavy atom. The molecule has 1 aromatic carbocycles. The molecule has 1 heterocycles. The third kappa shape index (κ3) is 2.02. The van der Waals surface area contributed by atoms with E-state index in [1.54, 1.807) is 0 Å². The molecule has 0 saturated carbocycles. The summed E-state index contributed by atoms with van der Waals surface area (Å²) in [5, 5.41) is 0. The molecule has 1 fully saturated rings. The second-order valence-corrected chi connectivity index (χ2v) is 3.69. The predicted molar refractivity (Wildman–Crippen MR) is 53.9 cm³/mol. The third-order valence-electron chi connectivity index (χ3n) is 2.69. The molecule has 1 aliphatic heterocycles. The SMILES string of the molecule is O=CC1CCOC(c2ccccc2)C1. The summed E-state index contributed by atoms with van der Waals surface area (Å²) in [5.74, 6) is 0.175. The molecule has 1 aromatic rings. The average Bonchev–Trinajstić information content (AvgIpc) is 2.30. The molecule has 1 saturated heterocycles. The zero-order valence-electron chi connectivity index (χ0n) is 8.06. The minimum Gasteiger partial charge on any atom is -0.373 e. The van der Waals surface area contributed by atoms with Gasteiger partial charge in [-0.15, -0.1) is 0 Å². The maximum absolute atomic E-state index is 10.7. The number of hydrogen-bond donors (Lipinski definition) is 0. The van der Waals surface area contributed by atoms with Crippen LogP contribution < -0.4 is 0 Å². The number of ether oxygens (including phenoxy) is 1. The van der Waals surface area contributed by atoms with E-state index in [0.717, 1.165) is 19.1 Å². The quantitative estimate of drug-likeness (QED) is 0.669. The van der Waals surface area contributed by atoms with Crippen LogP contribution in [0.3, 0.4) is 0 Å². The van der Waals surface area contributed by atoms with Crippen molar-refractivity contribution in [1.82, 2.24) is 0 Å². The highest BCUT2D eigenvalue weighted by Gasteiger charge is 2.22. The first-order valence-corrected chi connectivity index (χ1v) is 5.02. The molecule has 2 nitrogen and oxygen atoms in total. The minimum atomic E-state index is 0.111. The van der Waals surface area contributed by atoms with Crippen LogP contribution in [-0.2, 0) is 9.53 Å². The molecule has 0 bridgehead atoms. The van der Waals surface area contributed by atoms with Crippen molar-refractivity contribution < 1.29 is 9.53 Å². The summed E-state index contributed by atoms with van der Waals surface area (Å²) in [6.07, 6.45) is 2.86. The normalized spacial score (nSPS) is 27.1. The third-order valence-corrected chi connectivity index (χ3v) is 2.69. The van der Waals surface area contributed by atoms with E-state index < -0.39 is 0 Å². The molecular formula is C12H14O2. The number of aldehydes is 1. The second kappa shape index (κ2) is 4.38. The molecule has 2 atom stereocenters. The smallest absolute Gasteiger partial charge is 0.123 e. The lowest BCUT2D eigenvalue weighted by Gasteiger charge is -2.26. The van der Waals surface area contributed by atoms with Crippen molar-refractivity contribution in [3.8, 4) is 0 Å². The van der Waals surface area contributed by atoms with E-state index in [-0.39, 0.29) is 12.0 Å². The molecular weight excluding hydrogens is 176 g/mol. The number of hydrogen-bond acceptors (Lipinski definition) is 2. The molecule has 2 rings (SSSR count). The van der Waals surface area contributed by atoms with E-state index in [4.69, 9.17) is 4.74 Å². The maximum atomic E-state index is 10.7. The van der Waals surface area contributed by atoms with Crippen molar-refractivity contribution in [3.05, 3.63) is 35.9 Å². The van der Waals surface area contributed by atoms with Crippen molar-refractivity contribution in [3.63, 3.8) is 0 Å². The molecule has 1 aliphatic rings. The first-order valence-electron chi connectivity index (χ1n) is 5.02. The van der Waals surface area contributed by atoms with Crippen LogP contribution in [0, 0.1) is 5.92 Å². The van der Waals surface area contributed by atoms with Crippen LogP contribution in [0.15, 0.2) is 30.3 Å². The van der Waals surface area contributed by atoms with Gasteiger partial charge in [0.05, 0.1) is 6.10 Å². The Morgan fingerprint density at radius 2 is 2.07 bits per heavy atom. The topological polar surface area (TPSA) is 26.3 Å². The number of rotatable bonds is 2. The Hall–Kier alpha value is -1.15. The van der Waals surface area contributed by atoms with Crippen LogP contribution in [0.2, 0.25) is 0 Å². The fraction of sp³-hybridized carbons (Fsp3) is 0.417. The van der Waals surface area contributed by atoms with Gasteiger partial charge in [0.2, 0.25) is 0 Å². The van der Waals surface area contributed by atoms with Crippen molar-refractivity contribution in [2.75, 3.05) is 6.61 Å². The predicted octanol–water partition coefficient (Wildman–Crippen LogP) is 2.35. The molecule has 0 aliphatic carbocycles. The summed E-state index contributed by atoms with van der Waals surface area (Å²) in [6, 6.07) is 10.1. The van der Waals surface area contributed by atoms with Crippen LogP contribution in [0.25, 0.3) is 0 Å². The standard InChI is InChI=1S/C12H14O2/c13-9-10-6-7-14-12(8-10)11-4-2-1-3-5-11/h1-5,9-10,12H,6-8H2. The van der Waals surface area contributed by atoms with Gasteiger partial charge in [-0.3, -0.25) is 0 Å². The number of carbonyl (C=O) groups excluding carboxylic acids is 1. The maximum Gasteiger partial charge on any atom is 0.123 e. The van der Waals surface area contributed by atoms with E-state index >= 15 is 0 Å². The Balaban J connectivity index is 2.08. The van der Waals surface area contributed by atoms with E-state index in [1.165, 1.54) is 5.56 Å². The summed E-state index contributed by atoms with van der Waals surface area (Å²) in [7, 11) is 0. The summed E-state index contributed by atoms with van der Waals surface area (Å²) in [4.78, 5) is 10.7. The van der Waals surface area contributed by atoms with Gasteiger partial charge in [0.25, 0.3) is 0 Å². The van der Waals surface area contributed by atoms with Gasteiger partial charge in [-0.05, 0) is 18.4 Å². The number of benzene rings is 1. The Bertz CT molecular complexity index is 294. The fourth-order valence-electron chi connectivity index (χ4n) is 1.85. The van der Waals surface area contributed by atoms with Crippen molar-refractivity contribution in [2.24, 2.45) is 5.92 Å². The largest absolute Gasteiger partial charge is 0.373 e. The molecule has 74 valence electrons. The van der Waals surface area contributed by atoms with Gasteiger partial charge < -0.3 is 9.53 Å². The zero-order valence-corrected chi connectivity index (χ0v) is 8.06. The van der Waals surface area contributed by atoms with Crippen molar-refractivity contribution >= 4 is 6.29 Å². The van der Waals surface area contributed by atoms with Gasteiger partial charge in [0, 0.05) is 12.5 Å². The molecule has 0 aromatic heterocycles. The first-order chi connectivity index (χ1) is 6.90. The van der Waals surface area contributed by atoms with Crippen LogP contribution in [-0.4, -0.2) is 12.9 Å². The van der Waals surface area contributed by atoms with Crippen LogP contribution in [0.5, 0.6) is 0 Å². The lowest BCUT2D eigenvalue weighted by Crippen LogP contribution is -2.20. The molecule has 0 amide bonds. The zero-order chi connectivity index (χ0) is 9.80. The summed E-state index contributed by atoms with van der Waals surface area (Å²) in [5.41, 5.74) is 1.18. The van der Waals surface area contributed by atoms with Gasteiger partial charge >= 0.3 is 0 Å². The molecule has 14 heavy (non-hydrogen) atoms. The average molecular weight is 190 g/mol. The Morgan fingerprint density at radius 3 is 2.79 bits per heavy atom. The van der Waals surface area contributed by atoms with E-state index in [1.807, 2.05) is 18.2 Å². The highest BCUT2D eigenvalue weighted by Crippen LogP contribution is 2.30. The van der Waals surface area contributed by atoms with Crippen molar-refractivity contribution in [2.45, 2.75) is 18.9 Å². The van der Waals surface area contributed by atoms with E-state index in [2.05, 4.69) is 12.1 Å². The van der Waals surface area contributed by atoms with E-state index in [9.17, 15) is 4.79 Å². The Labute approximate surface area is 83.9 Å². The summed E-state index contributed by atoms with van der Waals surface area (Å²) >= 11 is 0. The summed E-state index contributed by atoms with van der Waals surface area (Å²) in [6.45, 7) is 0.697. The molecule has 0 spiro atoms. The van der Waals surface area contributed by atoms with Crippen LogP contribution >= 0.6 is 0 Å². The molecule has 0 radical (unpaired) electrons. The Kier molecular flexibility index (Phi) is 2.94. The lowest BCUT2D eigenvalue weighted by atomic mass is 9.93. The van der Waals surface area contributed by atoms with Crippen LogP contribution in [0.4, 0.5) is 0 Å². The first kappa shape index (κ1) is 9.41. The second-order valence-electron chi connectivity index (χ2n) is 3.69. The van der Waals surface area contributed by atoms with Crippen LogP contribution in [0.1, 0.15) is 24.5 Å². The lowest BCUT2D eigenvalue weighted by molar-refractivity contribution is -0.115. The highest BCUT2D eigenvalue weighted by atomic mass is 16.5. The molecule has 2 unspecified atom stereocenters. The monoisotopic (exact) mass is 190 g/mol. The molecule has 2 heteroatoms. The molecule has 0 N–H and O–H groups in total. The van der Waals surface area contributed by atoms with Gasteiger partial charge in [-0.2, -0.15) is 0 Å². The van der Waals surface area contributed by atoms with Gasteiger partial charge in [-0.1, -0.05) is 30.3 Å².